The molecule has 0 unspecified atom stereocenters. The number of fused-ring (bicyclic) bond motifs is 1. The van der Waals surface area contributed by atoms with E-state index in [0.717, 1.165) is 30.8 Å². The zero-order valence-electron chi connectivity index (χ0n) is 12.5. The number of halogens is 1. The van der Waals surface area contributed by atoms with Crippen LogP contribution in [0.1, 0.15) is 12.6 Å². The van der Waals surface area contributed by atoms with E-state index in [9.17, 15) is 4.79 Å². The van der Waals surface area contributed by atoms with Crippen molar-refractivity contribution in [3.8, 4) is 0 Å². The smallest absolute Gasteiger partial charge is 0.242 e. The predicted octanol–water partition coefficient (Wildman–Crippen LogP) is 2.19. The van der Waals surface area contributed by atoms with Gasteiger partial charge in [-0.15, -0.1) is 12.4 Å². The van der Waals surface area contributed by atoms with Crippen molar-refractivity contribution in [1.29, 1.82) is 0 Å². The van der Waals surface area contributed by atoms with Gasteiger partial charge in [-0.25, -0.2) is 0 Å². The van der Waals surface area contributed by atoms with Crippen LogP contribution in [0.3, 0.4) is 0 Å². The van der Waals surface area contributed by atoms with Crippen molar-refractivity contribution in [2.45, 2.75) is 26.4 Å². The Labute approximate surface area is 131 Å². The van der Waals surface area contributed by atoms with Gasteiger partial charge in [0.05, 0.1) is 0 Å². The van der Waals surface area contributed by atoms with E-state index in [0.29, 0.717) is 12.6 Å². The van der Waals surface area contributed by atoms with E-state index < -0.39 is 0 Å². The summed E-state index contributed by atoms with van der Waals surface area (Å²) in [5.74, 6) is 0.211. The molecule has 5 heteroatoms. The zero-order valence-corrected chi connectivity index (χ0v) is 13.3. The highest BCUT2D eigenvalue weighted by Crippen LogP contribution is 2.19. The van der Waals surface area contributed by atoms with Gasteiger partial charge < -0.3 is 14.8 Å². The SMILES string of the molecule is Cc1cc2ccccc2n1CC(=O)N1CCN[C@H](C)C1.Cl. The minimum atomic E-state index is 0. The van der Waals surface area contributed by atoms with Crippen molar-refractivity contribution in [3.63, 3.8) is 0 Å². The number of amides is 1. The Balaban J connectivity index is 0.00000161. The van der Waals surface area contributed by atoms with Crippen LogP contribution in [0.25, 0.3) is 10.9 Å². The van der Waals surface area contributed by atoms with Crippen LogP contribution in [0.5, 0.6) is 0 Å². The summed E-state index contributed by atoms with van der Waals surface area (Å²) in [5.41, 5.74) is 2.28. The van der Waals surface area contributed by atoms with Gasteiger partial charge >= 0.3 is 0 Å². The van der Waals surface area contributed by atoms with E-state index in [1.54, 1.807) is 0 Å². The second-order valence-electron chi connectivity index (χ2n) is 5.63. The van der Waals surface area contributed by atoms with E-state index >= 15 is 0 Å². The van der Waals surface area contributed by atoms with E-state index in [-0.39, 0.29) is 18.3 Å². The highest BCUT2D eigenvalue weighted by Gasteiger charge is 2.21. The van der Waals surface area contributed by atoms with E-state index in [1.165, 1.54) is 5.39 Å². The molecule has 0 spiro atoms. The lowest BCUT2D eigenvalue weighted by molar-refractivity contribution is -0.132. The van der Waals surface area contributed by atoms with E-state index in [4.69, 9.17) is 0 Å². The lowest BCUT2D eigenvalue weighted by Crippen LogP contribution is -2.52. The largest absolute Gasteiger partial charge is 0.338 e. The summed E-state index contributed by atoms with van der Waals surface area (Å²) in [5, 5.41) is 4.57. The standard InChI is InChI=1S/C16H21N3O.ClH/c1-12-10-18(8-7-17-12)16(20)11-19-13(2)9-14-5-3-4-6-15(14)19;/h3-6,9,12,17H,7-8,10-11H2,1-2H3;1H/t12-;/m1./s1. The number of carbonyl (C=O) groups excluding carboxylic acids is 1. The summed E-state index contributed by atoms with van der Waals surface area (Å²) in [6, 6.07) is 10.8. The average Bonchev–Trinajstić information content (AvgIpc) is 2.75. The molecule has 4 nitrogen and oxygen atoms in total. The first-order valence-electron chi connectivity index (χ1n) is 7.21. The van der Waals surface area contributed by atoms with Crippen molar-refractivity contribution in [3.05, 3.63) is 36.0 Å². The third-order valence-corrected chi connectivity index (χ3v) is 4.03. The third-order valence-electron chi connectivity index (χ3n) is 4.03. The van der Waals surface area contributed by atoms with Gasteiger partial charge in [0, 0.05) is 36.9 Å². The van der Waals surface area contributed by atoms with Crippen LogP contribution in [0.4, 0.5) is 0 Å². The van der Waals surface area contributed by atoms with Crippen molar-refractivity contribution >= 4 is 29.2 Å². The number of benzene rings is 1. The Morgan fingerprint density at radius 1 is 1.38 bits per heavy atom. The molecule has 0 radical (unpaired) electrons. The Kier molecular flexibility index (Phi) is 4.91. The Bertz CT molecular complexity index is 637. The summed E-state index contributed by atoms with van der Waals surface area (Å²) < 4.78 is 2.12. The minimum absolute atomic E-state index is 0. The number of para-hydroxylation sites is 1. The lowest BCUT2D eigenvalue weighted by Gasteiger charge is -2.32. The minimum Gasteiger partial charge on any atom is -0.338 e. The first kappa shape index (κ1) is 15.9. The van der Waals surface area contributed by atoms with Gasteiger partial charge in [0.2, 0.25) is 5.91 Å². The maximum absolute atomic E-state index is 12.5. The molecule has 2 aromatic rings. The van der Waals surface area contributed by atoms with Crippen LogP contribution in [-0.4, -0.2) is 41.1 Å². The fourth-order valence-electron chi connectivity index (χ4n) is 2.95. The second-order valence-corrected chi connectivity index (χ2v) is 5.63. The van der Waals surface area contributed by atoms with E-state index in [2.05, 4.69) is 41.9 Å². The average molecular weight is 308 g/mol. The highest BCUT2D eigenvalue weighted by molar-refractivity contribution is 5.85. The Morgan fingerprint density at radius 3 is 2.90 bits per heavy atom. The quantitative estimate of drug-likeness (QED) is 0.923. The van der Waals surface area contributed by atoms with Crippen LogP contribution in [-0.2, 0) is 11.3 Å². The number of aryl methyl sites for hydroxylation is 1. The maximum atomic E-state index is 12.5. The van der Waals surface area contributed by atoms with Gasteiger partial charge in [0.15, 0.2) is 0 Å². The number of hydrogen-bond donors (Lipinski definition) is 1. The van der Waals surface area contributed by atoms with Gasteiger partial charge in [0.1, 0.15) is 6.54 Å². The topological polar surface area (TPSA) is 37.3 Å². The first-order chi connectivity index (χ1) is 9.65. The molecule has 3 rings (SSSR count). The second kappa shape index (κ2) is 6.50. The summed E-state index contributed by atoms with van der Waals surface area (Å²) in [6.07, 6.45) is 0. The van der Waals surface area contributed by atoms with Crippen molar-refractivity contribution < 1.29 is 4.79 Å². The molecule has 1 N–H and O–H groups in total. The van der Waals surface area contributed by atoms with Crippen LogP contribution in [0.15, 0.2) is 30.3 Å². The molecule has 21 heavy (non-hydrogen) atoms. The van der Waals surface area contributed by atoms with Gasteiger partial charge in [0.25, 0.3) is 0 Å². The monoisotopic (exact) mass is 307 g/mol. The molecule has 1 aromatic heterocycles. The van der Waals surface area contributed by atoms with E-state index in [1.807, 2.05) is 17.0 Å². The molecule has 1 aliphatic rings. The highest BCUT2D eigenvalue weighted by atomic mass is 35.5. The number of nitrogens with one attached hydrogen (secondary N) is 1. The Morgan fingerprint density at radius 2 is 2.14 bits per heavy atom. The summed E-state index contributed by atoms with van der Waals surface area (Å²) in [7, 11) is 0. The molecule has 1 aromatic carbocycles. The van der Waals surface area contributed by atoms with Crippen LogP contribution < -0.4 is 5.32 Å². The molecule has 0 aliphatic carbocycles. The normalized spacial score (nSPS) is 18.6. The van der Waals surface area contributed by atoms with Gasteiger partial charge in [-0.3, -0.25) is 4.79 Å². The summed E-state index contributed by atoms with van der Waals surface area (Å²) in [6.45, 7) is 7.12. The number of nitrogens with zero attached hydrogens (tertiary/aromatic N) is 2. The van der Waals surface area contributed by atoms with Crippen molar-refractivity contribution in [2.24, 2.45) is 0 Å². The fourth-order valence-corrected chi connectivity index (χ4v) is 2.95. The zero-order chi connectivity index (χ0) is 14.1. The van der Waals surface area contributed by atoms with Crippen LogP contribution in [0, 0.1) is 6.92 Å². The number of piperazine rings is 1. The number of aromatic nitrogens is 1. The molecule has 1 fully saturated rings. The van der Waals surface area contributed by atoms with Gasteiger partial charge in [-0.05, 0) is 31.4 Å². The lowest BCUT2D eigenvalue weighted by atomic mass is 10.2. The summed E-state index contributed by atoms with van der Waals surface area (Å²) >= 11 is 0. The van der Waals surface area contributed by atoms with Crippen LogP contribution in [0.2, 0.25) is 0 Å². The fraction of sp³-hybridized carbons (Fsp3) is 0.438. The predicted molar refractivity (Wildman–Crippen MR) is 88.0 cm³/mol. The number of hydrogen-bond acceptors (Lipinski definition) is 2. The Hall–Kier alpha value is -1.52. The molecule has 0 bridgehead atoms. The molecule has 114 valence electrons. The van der Waals surface area contributed by atoms with Gasteiger partial charge in [-0.2, -0.15) is 0 Å². The molecule has 1 amide bonds. The van der Waals surface area contributed by atoms with Crippen molar-refractivity contribution in [1.82, 2.24) is 14.8 Å². The molecular weight excluding hydrogens is 286 g/mol. The van der Waals surface area contributed by atoms with Crippen LogP contribution >= 0.6 is 12.4 Å². The number of carbonyl (C=O) groups is 1. The molecule has 1 atom stereocenters. The molecule has 1 aliphatic heterocycles. The van der Waals surface area contributed by atoms with Crippen molar-refractivity contribution in [2.75, 3.05) is 19.6 Å². The number of rotatable bonds is 2. The molecular formula is C16H22ClN3O. The first-order valence-corrected chi connectivity index (χ1v) is 7.21. The molecule has 0 saturated carbocycles. The molecule has 2 heterocycles. The maximum Gasteiger partial charge on any atom is 0.242 e. The molecule has 1 saturated heterocycles. The third kappa shape index (κ3) is 3.22. The van der Waals surface area contributed by atoms with Gasteiger partial charge in [-0.1, -0.05) is 18.2 Å². The summed E-state index contributed by atoms with van der Waals surface area (Å²) in [4.78, 5) is 14.5.